The fourth-order valence-corrected chi connectivity index (χ4v) is 5.65. The van der Waals surface area contributed by atoms with Gasteiger partial charge in [-0.2, -0.15) is 9.97 Å². The van der Waals surface area contributed by atoms with E-state index in [1.165, 1.54) is 15.7 Å². The summed E-state index contributed by atoms with van der Waals surface area (Å²) in [6.45, 7) is 12.2. The van der Waals surface area contributed by atoms with E-state index in [-0.39, 0.29) is 36.2 Å². The van der Waals surface area contributed by atoms with Crippen LogP contribution in [0.2, 0.25) is 0 Å². The van der Waals surface area contributed by atoms with E-state index in [1.807, 2.05) is 45.9 Å². The molecule has 1 amide bonds. The zero-order chi connectivity index (χ0) is 33.6. The quantitative estimate of drug-likeness (QED) is 0.177. The average Bonchev–Trinajstić information content (AvgIpc) is 3.34. The minimum absolute atomic E-state index is 0.125. The van der Waals surface area contributed by atoms with Gasteiger partial charge in [0.1, 0.15) is 16.9 Å². The number of benzene rings is 2. The predicted molar refractivity (Wildman–Crippen MR) is 180 cm³/mol. The topological polar surface area (TPSA) is 162 Å². The number of nitrogen functional groups attached to an aromatic ring is 1. The minimum atomic E-state index is -0.488. The van der Waals surface area contributed by atoms with Crippen LogP contribution in [0, 0.1) is 0 Å². The molecule has 1 aliphatic rings. The third-order valence-corrected chi connectivity index (χ3v) is 7.98. The number of hydrogen-bond donors (Lipinski definition) is 4. The summed E-state index contributed by atoms with van der Waals surface area (Å²) in [5, 5.41) is 6.52. The van der Waals surface area contributed by atoms with Gasteiger partial charge in [-0.1, -0.05) is 36.4 Å². The van der Waals surface area contributed by atoms with Crippen molar-refractivity contribution in [3.05, 3.63) is 75.2 Å². The molecule has 0 unspecified atom stereocenters. The van der Waals surface area contributed by atoms with Gasteiger partial charge in [0.2, 0.25) is 0 Å². The molecule has 1 saturated heterocycles. The summed E-state index contributed by atoms with van der Waals surface area (Å²) in [5.74, 6) is 0.829. The fourth-order valence-electron chi connectivity index (χ4n) is 5.65. The van der Waals surface area contributed by atoms with Crippen molar-refractivity contribution in [2.24, 2.45) is 0 Å². The standard InChI is InChI=1S/C34H46N8O5/c1-6-46-31-39-29(35)28-30(40-31)42(32(43)38-28)21-25-12-11-24(17-27(25)45-5)19-36-18-22-7-9-23(10-8-22)20-41-15-13-26(14-16-41)37-33(44)47-34(2,3)4/h7-12,17,26,36H,6,13-16,18-21H2,1-5H3,(H,37,44)(H,38,43)(H2,35,39,40). The van der Waals surface area contributed by atoms with Crippen molar-refractivity contribution in [1.29, 1.82) is 0 Å². The Morgan fingerprint density at radius 3 is 2.38 bits per heavy atom. The molecule has 0 saturated carbocycles. The Labute approximate surface area is 274 Å². The number of alkyl carbamates (subject to hydrolysis) is 1. The van der Waals surface area contributed by atoms with Crippen LogP contribution in [0.5, 0.6) is 11.8 Å². The highest BCUT2D eigenvalue weighted by atomic mass is 16.6. The first kappa shape index (κ1) is 33.7. The monoisotopic (exact) mass is 646 g/mol. The molecule has 252 valence electrons. The van der Waals surface area contributed by atoms with Crippen molar-refractivity contribution in [3.8, 4) is 11.8 Å². The number of hydrogen-bond acceptors (Lipinski definition) is 10. The molecule has 0 spiro atoms. The molecule has 5 rings (SSSR count). The molecule has 5 N–H and O–H groups in total. The van der Waals surface area contributed by atoms with Gasteiger partial charge < -0.3 is 35.6 Å². The van der Waals surface area contributed by atoms with E-state index in [9.17, 15) is 9.59 Å². The van der Waals surface area contributed by atoms with Crippen LogP contribution in [0.4, 0.5) is 10.6 Å². The number of carbonyl (C=O) groups is 1. The third kappa shape index (κ3) is 9.01. The third-order valence-electron chi connectivity index (χ3n) is 7.98. The number of anilines is 1. The number of rotatable bonds is 12. The summed E-state index contributed by atoms with van der Waals surface area (Å²) in [6.07, 6.45) is 1.48. The van der Waals surface area contributed by atoms with E-state index in [0.29, 0.717) is 30.1 Å². The Kier molecular flexibility index (Phi) is 10.7. The summed E-state index contributed by atoms with van der Waals surface area (Å²) in [4.78, 5) is 38.5. The second kappa shape index (κ2) is 14.9. The van der Waals surface area contributed by atoms with E-state index in [1.54, 1.807) is 7.11 Å². The molecule has 0 aliphatic carbocycles. The highest BCUT2D eigenvalue weighted by Crippen LogP contribution is 2.24. The number of aromatic amines is 1. The van der Waals surface area contributed by atoms with Crippen LogP contribution in [-0.4, -0.2) is 69.0 Å². The number of imidazole rings is 1. The zero-order valence-corrected chi connectivity index (χ0v) is 27.9. The van der Waals surface area contributed by atoms with Crippen LogP contribution < -0.4 is 31.5 Å². The van der Waals surface area contributed by atoms with Gasteiger partial charge in [-0.3, -0.25) is 9.47 Å². The number of amides is 1. The lowest BCUT2D eigenvalue weighted by Gasteiger charge is -2.32. The molecular weight excluding hydrogens is 600 g/mol. The number of methoxy groups -OCH3 is 1. The SMILES string of the molecule is CCOc1nc(N)c2[nH]c(=O)n(Cc3ccc(CNCc4ccc(CN5CCC(NC(=O)OC(C)(C)C)CC5)cc4)cc3OC)c2n1. The van der Waals surface area contributed by atoms with E-state index in [0.717, 1.165) is 50.1 Å². The fraction of sp³-hybridized carbons (Fsp3) is 0.471. The van der Waals surface area contributed by atoms with Crippen molar-refractivity contribution < 1.29 is 19.0 Å². The number of aromatic nitrogens is 4. The van der Waals surface area contributed by atoms with Crippen LogP contribution in [0.15, 0.2) is 47.3 Å². The molecule has 13 heteroatoms. The lowest BCUT2D eigenvalue weighted by Crippen LogP contribution is -2.45. The molecule has 13 nitrogen and oxygen atoms in total. The molecular formula is C34H46N8O5. The Morgan fingerprint density at radius 2 is 1.70 bits per heavy atom. The van der Waals surface area contributed by atoms with Crippen LogP contribution in [0.25, 0.3) is 11.2 Å². The van der Waals surface area contributed by atoms with E-state index in [2.05, 4.69) is 54.8 Å². The maximum atomic E-state index is 12.8. The summed E-state index contributed by atoms with van der Waals surface area (Å²) in [5.41, 5.74) is 10.3. The van der Waals surface area contributed by atoms with Crippen LogP contribution in [-0.2, 0) is 30.9 Å². The molecule has 2 aromatic carbocycles. The van der Waals surface area contributed by atoms with Crippen molar-refractivity contribution >= 4 is 23.1 Å². The highest BCUT2D eigenvalue weighted by Gasteiger charge is 2.24. The molecule has 1 fully saturated rings. The Hall–Kier alpha value is -4.62. The lowest BCUT2D eigenvalue weighted by atomic mass is 10.0. The zero-order valence-electron chi connectivity index (χ0n) is 27.9. The molecule has 1 aliphatic heterocycles. The van der Waals surface area contributed by atoms with Crippen LogP contribution >= 0.6 is 0 Å². The average molecular weight is 647 g/mol. The van der Waals surface area contributed by atoms with Gasteiger partial charge in [0.05, 0.1) is 20.3 Å². The maximum absolute atomic E-state index is 12.8. The van der Waals surface area contributed by atoms with Gasteiger partial charge in [0.15, 0.2) is 11.5 Å². The van der Waals surface area contributed by atoms with Gasteiger partial charge in [-0.25, -0.2) is 9.59 Å². The molecule has 3 heterocycles. The number of nitrogens with one attached hydrogen (secondary N) is 3. The summed E-state index contributed by atoms with van der Waals surface area (Å²) >= 11 is 0. The number of carbonyl (C=O) groups excluding carboxylic acids is 1. The van der Waals surface area contributed by atoms with Crippen molar-refractivity contribution in [3.63, 3.8) is 0 Å². The van der Waals surface area contributed by atoms with E-state index in [4.69, 9.17) is 19.9 Å². The second-order valence-electron chi connectivity index (χ2n) is 12.8. The normalized spacial score (nSPS) is 14.3. The summed E-state index contributed by atoms with van der Waals surface area (Å²) < 4.78 is 18.0. The van der Waals surface area contributed by atoms with Gasteiger partial charge in [0.25, 0.3) is 0 Å². The lowest BCUT2D eigenvalue weighted by molar-refractivity contribution is 0.0477. The number of piperidine rings is 1. The van der Waals surface area contributed by atoms with E-state index < -0.39 is 5.60 Å². The summed E-state index contributed by atoms with van der Waals surface area (Å²) in [7, 11) is 1.62. The summed E-state index contributed by atoms with van der Waals surface area (Å²) in [6, 6.07) is 14.9. The van der Waals surface area contributed by atoms with Crippen molar-refractivity contribution in [2.45, 2.75) is 78.4 Å². The van der Waals surface area contributed by atoms with Gasteiger partial charge in [0, 0.05) is 44.3 Å². The van der Waals surface area contributed by atoms with Crippen LogP contribution in [0.3, 0.4) is 0 Å². The first-order valence-electron chi connectivity index (χ1n) is 16.1. The van der Waals surface area contributed by atoms with Crippen molar-refractivity contribution in [1.82, 2.24) is 35.1 Å². The minimum Gasteiger partial charge on any atom is -0.496 e. The first-order chi connectivity index (χ1) is 22.5. The Bertz CT molecular complexity index is 1720. The molecule has 47 heavy (non-hydrogen) atoms. The smallest absolute Gasteiger partial charge is 0.407 e. The molecule has 0 radical (unpaired) electrons. The molecule has 0 atom stereocenters. The van der Waals surface area contributed by atoms with Gasteiger partial charge >= 0.3 is 17.8 Å². The molecule has 4 aromatic rings. The van der Waals surface area contributed by atoms with Crippen LogP contribution in [0.1, 0.15) is 62.8 Å². The number of nitrogens with two attached hydrogens (primary N) is 1. The predicted octanol–water partition coefficient (Wildman–Crippen LogP) is 3.94. The van der Waals surface area contributed by atoms with Gasteiger partial charge in [-0.15, -0.1) is 0 Å². The van der Waals surface area contributed by atoms with E-state index >= 15 is 0 Å². The number of H-pyrrole nitrogens is 1. The molecule has 2 aromatic heterocycles. The highest BCUT2D eigenvalue weighted by molar-refractivity contribution is 5.82. The number of ether oxygens (including phenoxy) is 3. The van der Waals surface area contributed by atoms with Gasteiger partial charge in [-0.05, 0) is 63.3 Å². The number of nitrogens with zero attached hydrogens (tertiary/aromatic N) is 4. The van der Waals surface area contributed by atoms with Crippen molar-refractivity contribution in [2.75, 3.05) is 32.5 Å². The second-order valence-corrected chi connectivity index (χ2v) is 12.8. The Morgan fingerprint density at radius 1 is 1.02 bits per heavy atom. The first-order valence-corrected chi connectivity index (χ1v) is 16.1. The number of fused-ring (bicyclic) bond motifs is 1. The molecule has 0 bridgehead atoms. The Balaban J connectivity index is 1.11. The largest absolute Gasteiger partial charge is 0.496 e. The maximum Gasteiger partial charge on any atom is 0.407 e. The number of likely N-dealkylation sites (tertiary alicyclic amines) is 1.